The van der Waals surface area contributed by atoms with Crippen LogP contribution in [0.4, 0.5) is 0 Å². The van der Waals surface area contributed by atoms with Crippen molar-refractivity contribution in [1.29, 1.82) is 0 Å². The van der Waals surface area contributed by atoms with E-state index < -0.39 is 6.04 Å². The Morgan fingerprint density at radius 1 is 1.30 bits per heavy atom. The van der Waals surface area contributed by atoms with E-state index in [-0.39, 0.29) is 5.91 Å². The Morgan fingerprint density at radius 2 is 1.95 bits per heavy atom. The maximum Gasteiger partial charge on any atom is 0.241 e. The van der Waals surface area contributed by atoms with Gasteiger partial charge in [-0.15, -0.1) is 0 Å². The van der Waals surface area contributed by atoms with Crippen molar-refractivity contribution in [1.82, 2.24) is 9.80 Å². The van der Waals surface area contributed by atoms with Crippen LogP contribution in [0.25, 0.3) is 0 Å². The van der Waals surface area contributed by atoms with Crippen LogP contribution in [-0.2, 0) is 14.3 Å². The maximum absolute atomic E-state index is 12.1. The van der Waals surface area contributed by atoms with E-state index in [9.17, 15) is 4.79 Å². The minimum absolute atomic E-state index is 0.0116. The smallest absolute Gasteiger partial charge is 0.241 e. The number of carbonyl (C=O) groups excluding carboxylic acids is 1. The van der Waals surface area contributed by atoms with E-state index in [0.29, 0.717) is 6.61 Å². The predicted octanol–water partition coefficient (Wildman–Crippen LogP) is -0.469. The summed E-state index contributed by atoms with van der Waals surface area (Å²) in [5.74, 6) is 0.763. The van der Waals surface area contributed by atoms with Gasteiger partial charge in [0.2, 0.25) is 5.91 Å². The van der Waals surface area contributed by atoms with Gasteiger partial charge in [-0.05, 0) is 18.8 Å². The molecule has 0 aromatic rings. The highest BCUT2D eigenvalue weighted by molar-refractivity contribution is 5.81. The molecule has 1 amide bonds. The van der Waals surface area contributed by atoms with Crippen LogP contribution < -0.4 is 5.73 Å². The first-order valence-electron chi connectivity index (χ1n) is 7.54. The number of hydrogen-bond donors (Lipinski definition) is 1. The fourth-order valence-electron chi connectivity index (χ4n) is 2.93. The molecule has 0 radical (unpaired) electrons. The molecular formula is C14H27N3O3. The Labute approximate surface area is 121 Å². The molecule has 2 rings (SSSR count). The second kappa shape index (κ2) is 7.93. The van der Waals surface area contributed by atoms with Gasteiger partial charge in [0, 0.05) is 53.0 Å². The lowest BCUT2D eigenvalue weighted by Gasteiger charge is -2.38. The fraction of sp³-hybridized carbons (Fsp3) is 0.929. The molecule has 1 atom stereocenters. The van der Waals surface area contributed by atoms with Crippen LogP contribution in [-0.4, -0.2) is 81.4 Å². The molecule has 2 fully saturated rings. The van der Waals surface area contributed by atoms with Crippen molar-refractivity contribution >= 4 is 5.91 Å². The topological polar surface area (TPSA) is 68.0 Å². The molecule has 2 aliphatic heterocycles. The van der Waals surface area contributed by atoms with Gasteiger partial charge >= 0.3 is 0 Å². The minimum Gasteiger partial charge on any atom is -0.383 e. The second-order valence-electron chi connectivity index (χ2n) is 5.74. The van der Waals surface area contributed by atoms with Crippen molar-refractivity contribution in [2.45, 2.75) is 18.9 Å². The van der Waals surface area contributed by atoms with E-state index in [2.05, 4.69) is 4.90 Å². The summed E-state index contributed by atoms with van der Waals surface area (Å²) in [6.45, 7) is 6.67. The monoisotopic (exact) mass is 285 g/mol. The van der Waals surface area contributed by atoms with Gasteiger partial charge in [-0.2, -0.15) is 0 Å². The average Bonchev–Trinajstić information content (AvgIpc) is 2.48. The summed E-state index contributed by atoms with van der Waals surface area (Å²) in [5, 5.41) is 0. The van der Waals surface area contributed by atoms with Crippen LogP contribution in [0.15, 0.2) is 0 Å². The van der Waals surface area contributed by atoms with Gasteiger partial charge in [-0.1, -0.05) is 0 Å². The zero-order valence-corrected chi connectivity index (χ0v) is 12.4. The summed E-state index contributed by atoms with van der Waals surface area (Å²) in [6, 6.07) is -0.526. The van der Waals surface area contributed by atoms with Gasteiger partial charge < -0.3 is 20.1 Å². The summed E-state index contributed by atoms with van der Waals surface area (Å²) in [6.07, 6.45) is 2.33. The zero-order valence-electron chi connectivity index (χ0n) is 12.4. The van der Waals surface area contributed by atoms with Crippen LogP contribution in [0.5, 0.6) is 0 Å². The lowest BCUT2D eigenvalue weighted by atomic mass is 9.99. The molecule has 2 N–H and O–H groups in total. The Kier molecular flexibility index (Phi) is 6.22. The third kappa shape index (κ3) is 4.41. The van der Waals surface area contributed by atoms with E-state index in [1.54, 1.807) is 7.11 Å². The lowest BCUT2D eigenvalue weighted by Crippen LogP contribution is -2.54. The van der Waals surface area contributed by atoms with Crippen molar-refractivity contribution < 1.29 is 14.3 Å². The molecule has 2 saturated heterocycles. The molecule has 0 aliphatic carbocycles. The SMILES string of the molecule is COCC(N)C(=O)N1CCN(CC2CCOCC2)CC1. The van der Waals surface area contributed by atoms with Gasteiger partial charge in [0.05, 0.1) is 6.61 Å². The van der Waals surface area contributed by atoms with Gasteiger partial charge in [0.15, 0.2) is 0 Å². The van der Waals surface area contributed by atoms with Gasteiger partial charge in [-0.25, -0.2) is 0 Å². The highest BCUT2D eigenvalue weighted by Gasteiger charge is 2.26. The summed E-state index contributed by atoms with van der Waals surface area (Å²) in [5.41, 5.74) is 5.80. The molecule has 116 valence electrons. The number of ether oxygens (including phenoxy) is 2. The molecule has 0 saturated carbocycles. The minimum atomic E-state index is -0.526. The largest absolute Gasteiger partial charge is 0.383 e. The van der Waals surface area contributed by atoms with E-state index in [1.807, 2.05) is 4.90 Å². The lowest BCUT2D eigenvalue weighted by molar-refractivity contribution is -0.135. The molecule has 0 bridgehead atoms. The van der Waals surface area contributed by atoms with E-state index in [0.717, 1.165) is 64.7 Å². The van der Waals surface area contributed by atoms with Crippen molar-refractivity contribution in [2.75, 3.05) is 59.7 Å². The first kappa shape index (κ1) is 15.7. The second-order valence-corrected chi connectivity index (χ2v) is 5.74. The Hall–Kier alpha value is -0.690. The quantitative estimate of drug-likeness (QED) is 0.740. The van der Waals surface area contributed by atoms with Gasteiger partial charge in [0.25, 0.3) is 0 Å². The Balaban J connectivity index is 1.70. The highest BCUT2D eigenvalue weighted by atomic mass is 16.5. The standard InChI is InChI=1S/C14H27N3O3/c1-19-11-13(15)14(18)17-6-4-16(5-7-17)10-12-2-8-20-9-3-12/h12-13H,2-11,15H2,1H3. The molecule has 20 heavy (non-hydrogen) atoms. The van der Waals surface area contributed by atoms with Gasteiger partial charge in [0.1, 0.15) is 6.04 Å². The molecule has 2 aliphatic rings. The third-order valence-corrected chi connectivity index (χ3v) is 4.20. The van der Waals surface area contributed by atoms with Crippen LogP contribution in [0.3, 0.4) is 0 Å². The summed E-state index contributed by atoms with van der Waals surface area (Å²) in [7, 11) is 1.57. The molecule has 2 heterocycles. The molecule has 0 aromatic carbocycles. The summed E-state index contributed by atoms with van der Waals surface area (Å²) < 4.78 is 10.3. The van der Waals surface area contributed by atoms with E-state index >= 15 is 0 Å². The van der Waals surface area contributed by atoms with Crippen LogP contribution in [0.1, 0.15) is 12.8 Å². The number of carbonyl (C=O) groups is 1. The normalized spacial score (nSPS) is 23.8. The van der Waals surface area contributed by atoms with Crippen LogP contribution in [0, 0.1) is 5.92 Å². The molecular weight excluding hydrogens is 258 g/mol. The number of nitrogens with two attached hydrogens (primary N) is 1. The van der Waals surface area contributed by atoms with E-state index in [1.165, 1.54) is 0 Å². The fourth-order valence-corrected chi connectivity index (χ4v) is 2.93. The molecule has 6 nitrogen and oxygen atoms in total. The maximum atomic E-state index is 12.1. The highest BCUT2D eigenvalue weighted by Crippen LogP contribution is 2.17. The number of piperazine rings is 1. The zero-order chi connectivity index (χ0) is 14.4. The Morgan fingerprint density at radius 3 is 2.55 bits per heavy atom. The van der Waals surface area contributed by atoms with Crippen LogP contribution in [0.2, 0.25) is 0 Å². The number of nitrogens with zero attached hydrogens (tertiary/aromatic N) is 2. The van der Waals surface area contributed by atoms with Crippen molar-refractivity contribution in [3.8, 4) is 0 Å². The van der Waals surface area contributed by atoms with E-state index in [4.69, 9.17) is 15.2 Å². The number of rotatable bonds is 5. The molecule has 0 aromatic heterocycles. The summed E-state index contributed by atoms with van der Waals surface area (Å²) in [4.78, 5) is 16.4. The number of methoxy groups -OCH3 is 1. The van der Waals surface area contributed by atoms with Gasteiger partial charge in [-0.3, -0.25) is 9.69 Å². The van der Waals surface area contributed by atoms with Crippen molar-refractivity contribution in [3.05, 3.63) is 0 Å². The molecule has 6 heteroatoms. The first-order chi connectivity index (χ1) is 9.70. The summed E-state index contributed by atoms with van der Waals surface area (Å²) >= 11 is 0. The Bertz CT molecular complexity index is 300. The average molecular weight is 285 g/mol. The van der Waals surface area contributed by atoms with Crippen LogP contribution >= 0.6 is 0 Å². The first-order valence-corrected chi connectivity index (χ1v) is 7.54. The molecule has 0 spiro atoms. The number of amides is 1. The van der Waals surface area contributed by atoms with Crippen molar-refractivity contribution in [2.24, 2.45) is 11.7 Å². The third-order valence-electron chi connectivity index (χ3n) is 4.20. The number of hydrogen-bond acceptors (Lipinski definition) is 5. The predicted molar refractivity (Wildman–Crippen MR) is 76.4 cm³/mol. The van der Waals surface area contributed by atoms with Crippen molar-refractivity contribution in [3.63, 3.8) is 0 Å². The molecule has 1 unspecified atom stereocenters.